The summed E-state index contributed by atoms with van der Waals surface area (Å²) in [5.41, 5.74) is 1.62. The summed E-state index contributed by atoms with van der Waals surface area (Å²) in [7, 11) is 5.94. The number of aryl methyl sites for hydroxylation is 1. The minimum absolute atomic E-state index is 0.0445. The standard InChI is InChI=1S/C16H22N4O/c1-18(2)9-10-20(12-15-11-19(3)13-17-15)16(21)14-7-5-4-6-8-14/h4-8,11,13H,9-10,12H2,1-3H3. The van der Waals surface area contributed by atoms with Crippen molar-refractivity contribution >= 4 is 5.91 Å². The molecular weight excluding hydrogens is 264 g/mol. The lowest BCUT2D eigenvalue weighted by atomic mass is 10.2. The monoisotopic (exact) mass is 286 g/mol. The highest BCUT2D eigenvalue weighted by atomic mass is 16.2. The molecule has 112 valence electrons. The molecule has 2 rings (SSSR count). The summed E-state index contributed by atoms with van der Waals surface area (Å²) in [6, 6.07) is 9.39. The lowest BCUT2D eigenvalue weighted by Crippen LogP contribution is -2.36. The fraction of sp³-hybridized carbons (Fsp3) is 0.375. The van der Waals surface area contributed by atoms with Crippen LogP contribution in [0, 0.1) is 0 Å². The van der Waals surface area contributed by atoms with Crippen molar-refractivity contribution in [1.82, 2.24) is 19.4 Å². The Morgan fingerprint density at radius 2 is 1.90 bits per heavy atom. The van der Waals surface area contributed by atoms with Crippen LogP contribution in [0.25, 0.3) is 0 Å². The van der Waals surface area contributed by atoms with Gasteiger partial charge in [0.15, 0.2) is 0 Å². The van der Waals surface area contributed by atoms with Gasteiger partial charge in [-0.1, -0.05) is 18.2 Å². The van der Waals surface area contributed by atoms with Crippen LogP contribution in [0.5, 0.6) is 0 Å². The van der Waals surface area contributed by atoms with Crippen molar-refractivity contribution < 1.29 is 4.79 Å². The maximum absolute atomic E-state index is 12.6. The Hall–Kier alpha value is -2.14. The molecule has 0 N–H and O–H groups in total. The molecule has 0 spiro atoms. The van der Waals surface area contributed by atoms with Gasteiger partial charge < -0.3 is 14.4 Å². The van der Waals surface area contributed by atoms with Gasteiger partial charge >= 0.3 is 0 Å². The predicted molar refractivity (Wildman–Crippen MR) is 82.9 cm³/mol. The van der Waals surface area contributed by atoms with E-state index in [0.29, 0.717) is 18.7 Å². The van der Waals surface area contributed by atoms with Crippen molar-refractivity contribution in [1.29, 1.82) is 0 Å². The molecule has 5 heteroatoms. The Bertz CT molecular complexity index is 577. The molecule has 0 fully saturated rings. The zero-order valence-corrected chi connectivity index (χ0v) is 12.9. The second kappa shape index (κ2) is 7.04. The number of rotatable bonds is 6. The molecule has 1 aromatic carbocycles. The molecule has 5 nitrogen and oxygen atoms in total. The molecule has 0 aliphatic carbocycles. The Kier molecular flexibility index (Phi) is 5.11. The summed E-state index contributed by atoms with van der Waals surface area (Å²) >= 11 is 0. The predicted octanol–water partition coefficient (Wildman–Crippen LogP) is 1.62. The van der Waals surface area contributed by atoms with Crippen molar-refractivity contribution in [3.05, 3.63) is 54.1 Å². The van der Waals surface area contributed by atoms with Crippen molar-refractivity contribution in [3.63, 3.8) is 0 Å². The fourth-order valence-corrected chi connectivity index (χ4v) is 2.08. The topological polar surface area (TPSA) is 41.4 Å². The minimum atomic E-state index is 0.0445. The van der Waals surface area contributed by atoms with Gasteiger partial charge in [0.2, 0.25) is 0 Å². The first-order valence-electron chi connectivity index (χ1n) is 7.02. The van der Waals surface area contributed by atoms with Gasteiger partial charge in [0.1, 0.15) is 0 Å². The molecular formula is C16H22N4O. The smallest absolute Gasteiger partial charge is 0.254 e. The molecule has 1 amide bonds. The van der Waals surface area contributed by atoms with Gasteiger partial charge in [0, 0.05) is 31.9 Å². The molecule has 0 unspecified atom stereocenters. The second-order valence-electron chi connectivity index (χ2n) is 5.43. The van der Waals surface area contributed by atoms with Crippen LogP contribution in [-0.2, 0) is 13.6 Å². The molecule has 1 heterocycles. The Labute approximate surface area is 125 Å². The lowest BCUT2D eigenvalue weighted by molar-refractivity contribution is 0.0730. The largest absolute Gasteiger partial charge is 0.340 e. The van der Waals surface area contributed by atoms with E-state index in [1.54, 1.807) is 6.33 Å². The third kappa shape index (κ3) is 4.43. The van der Waals surface area contributed by atoms with Gasteiger partial charge in [-0.15, -0.1) is 0 Å². The van der Waals surface area contributed by atoms with Crippen molar-refractivity contribution in [2.75, 3.05) is 27.2 Å². The van der Waals surface area contributed by atoms with E-state index in [1.807, 2.05) is 67.1 Å². The number of hydrogen-bond donors (Lipinski definition) is 0. The molecule has 2 aromatic rings. The number of carbonyl (C=O) groups excluding carboxylic acids is 1. The normalized spacial score (nSPS) is 10.9. The van der Waals surface area contributed by atoms with Gasteiger partial charge in [-0.25, -0.2) is 4.98 Å². The Morgan fingerprint density at radius 1 is 1.19 bits per heavy atom. The fourth-order valence-electron chi connectivity index (χ4n) is 2.08. The molecule has 0 radical (unpaired) electrons. The maximum Gasteiger partial charge on any atom is 0.254 e. The van der Waals surface area contributed by atoms with E-state index >= 15 is 0 Å². The van der Waals surface area contributed by atoms with E-state index in [2.05, 4.69) is 9.88 Å². The molecule has 0 aliphatic heterocycles. The summed E-state index contributed by atoms with van der Waals surface area (Å²) in [5, 5.41) is 0. The van der Waals surface area contributed by atoms with E-state index in [4.69, 9.17) is 0 Å². The van der Waals surface area contributed by atoms with E-state index in [9.17, 15) is 4.79 Å². The van der Waals surface area contributed by atoms with Crippen molar-refractivity contribution in [2.24, 2.45) is 7.05 Å². The van der Waals surface area contributed by atoms with E-state index < -0.39 is 0 Å². The van der Waals surface area contributed by atoms with Gasteiger partial charge in [0.05, 0.1) is 18.6 Å². The second-order valence-corrected chi connectivity index (χ2v) is 5.43. The first-order valence-corrected chi connectivity index (χ1v) is 7.02. The number of carbonyl (C=O) groups is 1. The molecule has 21 heavy (non-hydrogen) atoms. The Balaban J connectivity index is 2.13. The highest BCUT2D eigenvalue weighted by Gasteiger charge is 2.17. The average Bonchev–Trinajstić information content (AvgIpc) is 2.89. The van der Waals surface area contributed by atoms with Crippen LogP contribution >= 0.6 is 0 Å². The van der Waals surface area contributed by atoms with Gasteiger partial charge in [-0.3, -0.25) is 4.79 Å². The van der Waals surface area contributed by atoms with Crippen LogP contribution in [-0.4, -0.2) is 52.4 Å². The summed E-state index contributed by atoms with van der Waals surface area (Å²) in [4.78, 5) is 20.9. The van der Waals surface area contributed by atoms with E-state index in [0.717, 1.165) is 12.2 Å². The third-order valence-electron chi connectivity index (χ3n) is 3.24. The van der Waals surface area contributed by atoms with Crippen LogP contribution < -0.4 is 0 Å². The maximum atomic E-state index is 12.6. The summed E-state index contributed by atoms with van der Waals surface area (Å²) in [5.74, 6) is 0.0445. The molecule has 0 saturated carbocycles. The summed E-state index contributed by atoms with van der Waals surface area (Å²) in [6.45, 7) is 2.03. The van der Waals surface area contributed by atoms with E-state index in [-0.39, 0.29) is 5.91 Å². The molecule has 1 aromatic heterocycles. The highest BCUT2D eigenvalue weighted by Crippen LogP contribution is 2.09. The average molecular weight is 286 g/mol. The molecule has 0 bridgehead atoms. The van der Waals surface area contributed by atoms with Gasteiger partial charge in [-0.05, 0) is 26.2 Å². The zero-order valence-electron chi connectivity index (χ0n) is 12.9. The Morgan fingerprint density at radius 3 is 2.48 bits per heavy atom. The lowest BCUT2D eigenvalue weighted by Gasteiger charge is -2.23. The quantitative estimate of drug-likeness (QED) is 0.810. The molecule has 0 atom stereocenters. The van der Waals surface area contributed by atoms with Crippen LogP contribution in [0.4, 0.5) is 0 Å². The van der Waals surface area contributed by atoms with Crippen LogP contribution in [0.3, 0.4) is 0 Å². The van der Waals surface area contributed by atoms with Gasteiger partial charge in [0.25, 0.3) is 5.91 Å². The summed E-state index contributed by atoms with van der Waals surface area (Å²) < 4.78 is 1.90. The first kappa shape index (κ1) is 15.3. The minimum Gasteiger partial charge on any atom is -0.340 e. The van der Waals surface area contributed by atoms with Crippen molar-refractivity contribution in [2.45, 2.75) is 6.54 Å². The SMILES string of the molecule is CN(C)CCN(Cc1cn(C)cn1)C(=O)c1ccccc1. The van der Waals surface area contributed by atoms with Crippen LogP contribution in [0.15, 0.2) is 42.9 Å². The number of likely N-dealkylation sites (N-methyl/N-ethyl adjacent to an activating group) is 1. The number of aromatic nitrogens is 2. The first-order chi connectivity index (χ1) is 10.1. The number of hydrogen-bond acceptors (Lipinski definition) is 3. The number of amides is 1. The van der Waals surface area contributed by atoms with Crippen molar-refractivity contribution in [3.8, 4) is 0 Å². The van der Waals surface area contributed by atoms with Crippen LogP contribution in [0.1, 0.15) is 16.1 Å². The molecule has 0 saturated heterocycles. The highest BCUT2D eigenvalue weighted by molar-refractivity contribution is 5.94. The van der Waals surface area contributed by atoms with Crippen LogP contribution in [0.2, 0.25) is 0 Å². The zero-order chi connectivity index (χ0) is 15.2. The number of nitrogens with zero attached hydrogens (tertiary/aromatic N) is 4. The van der Waals surface area contributed by atoms with E-state index in [1.165, 1.54) is 0 Å². The molecule has 0 aliphatic rings. The number of benzene rings is 1. The third-order valence-corrected chi connectivity index (χ3v) is 3.24. The van der Waals surface area contributed by atoms with Gasteiger partial charge in [-0.2, -0.15) is 0 Å². The summed E-state index contributed by atoms with van der Waals surface area (Å²) in [6.07, 6.45) is 3.70. The number of imidazole rings is 1.